The van der Waals surface area contributed by atoms with Gasteiger partial charge in [-0.2, -0.15) is 0 Å². The van der Waals surface area contributed by atoms with Crippen molar-refractivity contribution in [3.05, 3.63) is 23.3 Å². The maximum absolute atomic E-state index is 5.72. The van der Waals surface area contributed by atoms with E-state index in [2.05, 4.69) is 15.0 Å². The summed E-state index contributed by atoms with van der Waals surface area (Å²) in [6, 6.07) is 0. The number of nitrogens with zero attached hydrogens (tertiary/aromatic N) is 2. The second-order valence-electron chi connectivity index (χ2n) is 4.63. The van der Waals surface area contributed by atoms with Gasteiger partial charge in [0.2, 0.25) is 0 Å². The van der Waals surface area contributed by atoms with Crippen molar-refractivity contribution in [3.63, 3.8) is 0 Å². The number of rotatable bonds is 2. The molecular weight excluding hydrogens is 216 g/mol. The maximum Gasteiger partial charge on any atom is 0.263 e. The summed E-state index contributed by atoms with van der Waals surface area (Å²) in [5, 5.41) is 0. The fraction of sp³-hybridized carbons (Fsp3) is 0.500. The van der Waals surface area contributed by atoms with E-state index in [0.29, 0.717) is 11.8 Å². The van der Waals surface area contributed by atoms with Crippen LogP contribution in [-0.4, -0.2) is 21.5 Å². The summed E-state index contributed by atoms with van der Waals surface area (Å²) in [6.07, 6.45) is 4.81. The quantitative estimate of drug-likeness (QED) is 0.820. The lowest BCUT2D eigenvalue weighted by Crippen LogP contribution is -2.22. The summed E-state index contributed by atoms with van der Waals surface area (Å²) in [4.78, 5) is 12.0. The monoisotopic (exact) mass is 232 g/mol. The van der Waals surface area contributed by atoms with Crippen LogP contribution in [0.4, 0.5) is 0 Å². The normalized spacial score (nSPS) is 19.3. The van der Waals surface area contributed by atoms with E-state index in [0.717, 1.165) is 43.1 Å². The van der Waals surface area contributed by atoms with Gasteiger partial charge < -0.3 is 15.1 Å². The lowest BCUT2D eigenvalue weighted by Gasteiger charge is -2.18. The van der Waals surface area contributed by atoms with E-state index < -0.39 is 0 Å². The largest absolute Gasteiger partial charge is 0.439 e. The minimum atomic E-state index is 0.571. The number of nitrogens with two attached hydrogens (primary N) is 1. The van der Waals surface area contributed by atoms with Gasteiger partial charge in [0.15, 0.2) is 5.82 Å². The molecule has 0 aromatic carbocycles. The van der Waals surface area contributed by atoms with Crippen molar-refractivity contribution in [2.24, 2.45) is 11.7 Å². The molecule has 17 heavy (non-hydrogen) atoms. The Balaban J connectivity index is 1.92. The summed E-state index contributed by atoms with van der Waals surface area (Å²) in [6.45, 7) is 2.62. The average Bonchev–Trinajstić information content (AvgIpc) is 2.93. The summed E-state index contributed by atoms with van der Waals surface area (Å²) >= 11 is 0. The van der Waals surface area contributed by atoms with Crippen LogP contribution in [0, 0.1) is 12.8 Å². The first-order chi connectivity index (χ1) is 8.26. The Morgan fingerprint density at radius 3 is 3.18 bits per heavy atom. The van der Waals surface area contributed by atoms with Gasteiger partial charge >= 0.3 is 0 Å². The molecule has 2 heterocycles. The van der Waals surface area contributed by atoms with Crippen molar-refractivity contribution in [3.8, 4) is 11.7 Å². The van der Waals surface area contributed by atoms with E-state index in [9.17, 15) is 0 Å². The number of aromatic amines is 1. The van der Waals surface area contributed by atoms with E-state index in [-0.39, 0.29) is 0 Å². The highest BCUT2D eigenvalue weighted by molar-refractivity contribution is 5.43. The van der Waals surface area contributed by atoms with E-state index in [1.807, 2.05) is 6.92 Å². The standard InChI is InChI=1S/C12H16N4O/c1-7-6-14-12(17-7)11-15-9-3-2-8(5-13)4-10(9)16-11/h6,8H,2-5,13H2,1H3,(H,15,16). The van der Waals surface area contributed by atoms with Gasteiger partial charge in [0.25, 0.3) is 5.89 Å². The van der Waals surface area contributed by atoms with Gasteiger partial charge in [-0.25, -0.2) is 9.97 Å². The molecule has 1 unspecified atom stereocenters. The molecular formula is C12H16N4O. The Bertz CT molecular complexity index is 528. The molecule has 2 aromatic heterocycles. The molecule has 0 fully saturated rings. The molecule has 1 aliphatic carbocycles. The third-order valence-corrected chi connectivity index (χ3v) is 3.30. The van der Waals surface area contributed by atoms with E-state index in [4.69, 9.17) is 10.2 Å². The Labute approximate surface area is 99.5 Å². The number of hydrogen-bond acceptors (Lipinski definition) is 4. The van der Waals surface area contributed by atoms with Crippen LogP contribution in [0.5, 0.6) is 0 Å². The number of aromatic nitrogens is 3. The van der Waals surface area contributed by atoms with Gasteiger partial charge in [-0.05, 0) is 38.6 Å². The Morgan fingerprint density at radius 2 is 2.47 bits per heavy atom. The van der Waals surface area contributed by atoms with Crippen LogP contribution in [0.2, 0.25) is 0 Å². The van der Waals surface area contributed by atoms with Crippen LogP contribution in [-0.2, 0) is 12.8 Å². The minimum absolute atomic E-state index is 0.571. The van der Waals surface area contributed by atoms with Crippen LogP contribution >= 0.6 is 0 Å². The molecule has 0 spiro atoms. The van der Waals surface area contributed by atoms with Gasteiger partial charge in [0.1, 0.15) is 5.76 Å². The summed E-state index contributed by atoms with van der Waals surface area (Å²) in [7, 11) is 0. The highest BCUT2D eigenvalue weighted by Crippen LogP contribution is 2.26. The van der Waals surface area contributed by atoms with Crippen molar-refractivity contribution < 1.29 is 4.42 Å². The molecule has 0 amide bonds. The highest BCUT2D eigenvalue weighted by atomic mass is 16.4. The number of fused-ring (bicyclic) bond motifs is 1. The number of H-pyrrole nitrogens is 1. The molecule has 5 nitrogen and oxygen atoms in total. The molecule has 0 aliphatic heterocycles. The predicted octanol–water partition coefficient (Wildman–Crippen LogP) is 1.44. The first kappa shape index (κ1) is 10.5. The fourth-order valence-corrected chi connectivity index (χ4v) is 2.32. The topological polar surface area (TPSA) is 80.7 Å². The van der Waals surface area contributed by atoms with Gasteiger partial charge in [-0.1, -0.05) is 0 Å². The highest BCUT2D eigenvalue weighted by Gasteiger charge is 2.22. The van der Waals surface area contributed by atoms with E-state index in [1.165, 1.54) is 5.69 Å². The van der Waals surface area contributed by atoms with E-state index >= 15 is 0 Å². The number of imidazole rings is 1. The molecule has 5 heteroatoms. The molecule has 0 saturated carbocycles. The minimum Gasteiger partial charge on any atom is -0.439 e. The Kier molecular flexibility index (Phi) is 2.48. The van der Waals surface area contributed by atoms with Crippen LogP contribution in [0.1, 0.15) is 23.6 Å². The smallest absolute Gasteiger partial charge is 0.263 e. The van der Waals surface area contributed by atoms with Crippen molar-refractivity contribution in [2.75, 3.05) is 6.54 Å². The van der Waals surface area contributed by atoms with Crippen molar-refractivity contribution >= 4 is 0 Å². The summed E-state index contributed by atoms with van der Waals surface area (Å²) in [5.41, 5.74) is 8.05. The molecule has 0 radical (unpaired) electrons. The lowest BCUT2D eigenvalue weighted by molar-refractivity contribution is 0.461. The van der Waals surface area contributed by atoms with Crippen molar-refractivity contribution in [2.45, 2.75) is 26.2 Å². The van der Waals surface area contributed by atoms with Gasteiger partial charge in [0, 0.05) is 5.69 Å². The first-order valence-corrected chi connectivity index (χ1v) is 5.97. The molecule has 3 N–H and O–H groups in total. The SMILES string of the molecule is Cc1cnc(-c2nc3c([nH]2)CC(CN)CC3)o1. The summed E-state index contributed by atoms with van der Waals surface area (Å²) in [5.74, 6) is 2.68. The molecule has 0 bridgehead atoms. The van der Waals surface area contributed by atoms with Crippen LogP contribution in [0.25, 0.3) is 11.7 Å². The second kappa shape index (κ2) is 4.00. The van der Waals surface area contributed by atoms with Crippen molar-refractivity contribution in [1.82, 2.24) is 15.0 Å². The van der Waals surface area contributed by atoms with Gasteiger partial charge in [0.05, 0.1) is 11.9 Å². The van der Waals surface area contributed by atoms with Gasteiger partial charge in [-0.3, -0.25) is 0 Å². The zero-order chi connectivity index (χ0) is 11.8. The summed E-state index contributed by atoms with van der Waals surface area (Å²) < 4.78 is 5.47. The lowest BCUT2D eigenvalue weighted by atomic mass is 9.90. The molecule has 0 saturated heterocycles. The van der Waals surface area contributed by atoms with Crippen LogP contribution < -0.4 is 5.73 Å². The number of oxazole rings is 1. The van der Waals surface area contributed by atoms with Gasteiger partial charge in [-0.15, -0.1) is 0 Å². The zero-order valence-corrected chi connectivity index (χ0v) is 9.86. The molecule has 2 aromatic rings. The molecule has 90 valence electrons. The zero-order valence-electron chi connectivity index (χ0n) is 9.86. The fourth-order valence-electron chi connectivity index (χ4n) is 2.32. The Hall–Kier alpha value is -1.62. The van der Waals surface area contributed by atoms with E-state index in [1.54, 1.807) is 6.20 Å². The van der Waals surface area contributed by atoms with Crippen LogP contribution in [0.15, 0.2) is 10.6 Å². The molecule has 1 aliphatic rings. The van der Waals surface area contributed by atoms with Crippen LogP contribution in [0.3, 0.4) is 0 Å². The third-order valence-electron chi connectivity index (χ3n) is 3.30. The molecule has 3 rings (SSSR count). The molecule has 1 atom stereocenters. The second-order valence-corrected chi connectivity index (χ2v) is 4.63. The first-order valence-electron chi connectivity index (χ1n) is 5.97. The predicted molar refractivity (Wildman–Crippen MR) is 63.4 cm³/mol. The number of aryl methyl sites for hydroxylation is 2. The number of nitrogens with one attached hydrogen (secondary N) is 1. The maximum atomic E-state index is 5.72. The van der Waals surface area contributed by atoms with Crippen molar-refractivity contribution in [1.29, 1.82) is 0 Å². The average molecular weight is 232 g/mol. The Morgan fingerprint density at radius 1 is 1.59 bits per heavy atom. The third kappa shape index (κ3) is 1.86. The number of hydrogen-bond donors (Lipinski definition) is 2.